The van der Waals surface area contributed by atoms with Crippen LogP contribution in [0.4, 0.5) is 0 Å². The molecule has 3 nitrogen and oxygen atoms in total. The predicted octanol–water partition coefficient (Wildman–Crippen LogP) is 2.62. The van der Waals surface area contributed by atoms with E-state index in [4.69, 9.17) is 16.7 Å². The molecule has 1 aliphatic heterocycles. The van der Waals surface area contributed by atoms with E-state index in [9.17, 15) is 4.79 Å². The van der Waals surface area contributed by atoms with Crippen LogP contribution in [0.3, 0.4) is 0 Å². The van der Waals surface area contributed by atoms with Gasteiger partial charge in [0.15, 0.2) is 5.78 Å². The molecule has 1 heterocycles. The Morgan fingerprint density at radius 3 is 3.05 bits per heavy atom. The minimum absolute atomic E-state index is 0.146. The number of likely N-dealkylation sites (tertiary alicyclic amines) is 1. The molecule has 0 saturated carbocycles. The monoisotopic (exact) mass is 281 g/mol. The summed E-state index contributed by atoms with van der Waals surface area (Å²) >= 11 is 5.88. The van der Waals surface area contributed by atoms with Gasteiger partial charge in [-0.2, -0.15) is 0 Å². The molecule has 1 aromatic carbocycles. The van der Waals surface area contributed by atoms with Gasteiger partial charge in [0.2, 0.25) is 0 Å². The quantitative estimate of drug-likeness (QED) is 0.815. The Balaban J connectivity index is 1.78. The maximum Gasteiger partial charge on any atom is 0.164 e. The van der Waals surface area contributed by atoms with E-state index in [0.717, 1.165) is 32.5 Å². The fraction of sp³-hybridized carbons (Fsp3) is 0.533. The molecule has 0 bridgehead atoms. The highest BCUT2D eigenvalue weighted by atomic mass is 35.5. The fourth-order valence-electron chi connectivity index (χ4n) is 2.60. The van der Waals surface area contributed by atoms with E-state index < -0.39 is 0 Å². The smallest absolute Gasteiger partial charge is 0.164 e. The number of Topliss-reactive ketones (excluding diaryl/α,β-unsaturated/α-hetero) is 1. The van der Waals surface area contributed by atoms with Crippen LogP contribution in [0.1, 0.15) is 29.6 Å². The van der Waals surface area contributed by atoms with Gasteiger partial charge in [-0.15, -0.1) is 0 Å². The van der Waals surface area contributed by atoms with E-state index in [-0.39, 0.29) is 12.4 Å². The molecule has 1 N–H and O–H groups in total. The van der Waals surface area contributed by atoms with E-state index >= 15 is 0 Å². The molecule has 0 aromatic heterocycles. The van der Waals surface area contributed by atoms with Crippen LogP contribution in [0, 0.1) is 5.92 Å². The van der Waals surface area contributed by atoms with Gasteiger partial charge in [0.1, 0.15) is 0 Å². The van der Waals surface area contributed by atoms with Gasteiger partial charge in [-0.1, -0.05) is 23.7 Å². The molecule has 2 rings (SSSR count). The molecule has 1 aromatic rings. The van der Waals surface area contributed by atoms with Crippen molar-refractivity contribution in [2.75, 3.05) is 26.2 Å². The third-order valence-electron chi connectivity index (χ3n) is 3.71. The van der Waals surface area contributed by atoms with Crippen molar-refractivity contribution in [3.63, 3.8) is 0 Å². The highest BCUT2D eigenvalue weighted by molar-refractivity contribution is 6.31. The summed E-state index contributed by atoms with van der Waals surface area (Å²) in [6.07, 6.45) is 2.54. The number of rotatable bonds is 6. The first-order valence-corrected chi connectivity index (χ1v) is 7.19. The molecule has 1 atom stereocenters. The second kappa shape index (κ2) is 7.04. The number of nitrogens with zero attached hydrogens (tertiary/aromatic N) is 1. The third-order valence-corrected chi connectivity index (χ3v) is 3.94. The maximum absolute atomic E-state index is 12.0. The zero-order valence-electron chi connectivity index (χ0n) is 11.0. The van der Waals surface area contributed by atoms with E-state index in [1.165, 1.54) is 0 Å². The number of carbonyl (C=O) groups is 1. The lowest BCUT2D eigenvalue weighted by Gasteiger charge is -2.15. The lowest BCUT2D eigenvalue weighted by Crippen LogP contribution is -2.24. The molecule has 19 heavy (non-hydrogen) atoms. The largest absolute Gasteiger partial charge is 0.396 e. The minimum atomic E-state index is 0.146. The summed E-state index contributed by atoms with van der Waals surface area (Å²) in [5.41, 5.74) is 0.693. The van der Waals surface area contributed by atoms with Gasteiger partial charge >= 0.3 is 0 Å². The Hall–Kier alpha value is -0.900. The summed E-state index contributed by atoms with van der Waals surface area (Å²) in [6, 6.07) is 7.12. The van der Waals surface area contributed by atoms with Crippen molar-refractivity contribution in [1.29, 1.82) is 0 Å². The number of aliphatic hydroxyl groups excluding tert-OH is 1. The van der Waals surface area contributed by atoms with Gasteiger partial charge in [0, 0.05) is 36.7 Å². The summed E-state index contributed by atoms with van der Waals surface area (Å²) in [7, 11) is 0. The third kappa shape index (κ3) is 4.30. The van der Waals surface area contributed by atoms with Crippen molar-refractivity contribution >= 4 is 17.4 Å². The van der Waals surface area contributed by atoms with Crippen molar-refractivity contribution in [3.05, 3.63) is 34.9 Å². The minimum Gasteiger partial charge on any atom is -0.396 e. The summed E-state index contributed by atoms with van der Waals surface area (Å²) in [6.45, 7) is 3.10. The van der Waals surface area contributed by atoms with E-state index in [0.29, 0.717) is 22.9 Å². The number of hydrogen-bond donors (Lipinski definition) is 1. The molecular weight excluding hydrogens is 262 g/mol. The summed E-state index contributed by atoms with van der Waals surface area (Å²) in [4.78, 5) is 14.3. The maximum atomic E-state index is 12.0. The summed E-state index contributed by atoms with van der Waals surface area (Å²) < 4.78 is 0. The topological polar surface area (TPSA) is 40.5 Å². The zero-order valence-corrected chi connectivity index (χ0v) is 11.8. The number of benzene rings is 1. The van der Waals surface area contributed by atoms with Crippen LogP contribution in [0.5, 0.6) is 0 Å². The molecule has 4 heteroatoms. The van der Waals surface area contributed by atoms with Crippen LogP contribution in [0.25, 0.3) is 0 Å². The van der Waals surface area contributed by atoms with Gasteiger partial charge in [-0.3, -0.25) is 4.79 Å². The number of hydrogen-bond acceptors (Lipinski definition) is 3. The molecule has 0 aliphatic carbocycles. The van der Waals surface area contributed by atoms with Crippen molar-refractivity contribution in [3.8, 4) is 0 Å². The average Bonchev–Trinajstić information content (AvgIpc) is 2.84. The van der Waals surface area contributed by atoms with Crippen LogP contribution < -0.4 is 0 Å². The van der Waals surface area contributed by atoms with Crippen molar-refractivity contribution in [2.24, 2.45) is 5.92 Å². The average molecular weight is 282 g/mol. The van der Waals surface area contributed by atoms with Crippen molar-refractivity contribution in [1.82, 2.24) is 4.90 Å². The molecule has 1 aliphatic rings. The second-order valence-electron chi connectivity index (χ2n) is 5.15. The first kappa shape index (κ1) is 14.5. The second-order valence-corrected chi connectivity index (χ2v) is 5.59. The lowest BCUT2D eigenvalue weighted by molar-refractivity contribution is 0.0967. The van der Waals surface area contributed by atoms with E-state index in [1.54, 1.807) is 12.1 Å². The zero-order chi connectivity index (χ0) is 13.7. The van der Waals surface area contributed by atoms with Crippen molar-refractivity contribution < 1.29 is 9.90 Å². The van der Waals surface area contributed by atoms with E-state index in [1.807, 2.05) is 12.1 Å². The standard InChI is InChI=1S/C15H20ClNO2/c16-14-3-1-2-13(10-14)15(19)5-8-17-7-4-12(11-17)6-9-18/h1-3,10,12,18H,4-9,11H2. The molecule has 0 amide bonds. The van der Waals surface area contributed by atoms with Crippen LogP contribution >= 0.6 is 11.6 Å². The van der Waals surface area contributed by atoms with Crippen molar-refractivity contribution in [2.45, 2.75) is 19.3 Å². The first-order chi connectivity index (χ1) is 9.19. The van der Waals surface area contributed by atoms with Crippen LogP contribution in [0.15, 0.2) is 24.3 Å². The molecule has 1 unspecified atom stereocenters. The van der Waals surface area contributed by atoms with Crippen LogP contribution in [-0.2, 0) is 0 Å². The number of ketones is 1. The molecule has 0 radical (unpaired) electrons. The SMILES string of the molecule is O=C(CCN1CCC(CCO)C1)c1cccc(Cl)c1. The Morgan fingerprint density at radius 2 is 2.32 bits per heavy atom. The van der Waals surface area contributed by atoms with Gasteiger partial charge in [0.05, 0.1) is 0 Å². The van der Waals surface area contributed by atoms with Gasteiger partial charge in [-0.05, 0) is 37.4 Å². The molecule has 1 fully saturated rings. The lowest BCUT2D eigenvalue weighted by atomic mass is 10.1. The Bertz CT molecular complexity index is 436. The van der Waals surface area contributed by atoms with Gasteiger partial charge in [-0.25, -0.2) is 0 Å². The predicted molar refractivity (Wildman–Crippen MR) is 76.6 cm³/mol. The molecule has 0 spiro atoms. The first-order valence-electron chi connectivity index (χ1n) is 6.81. The van der Waals surface area contributed by atoms with Crippen LogP contribution in [0.2, 0.25) is 5.02 Å². The Morgan fingerprint density at radius 1 is 1.47 bits per heavy atom. The number of aliphatic hydroxyl groups is 1. The van der Waals surface area contributed by atoms with Gasteiger partial charge < -0.3 is 10.0 Å². The highest BCUT2D eigenvalue weighted by Gasteiger charge is 2.22. The van der Waals surface area contributed by atoms with Crippen LogP contribution in [-0.4, -0.2) is 42.0 Å². The summed E-state index contributed by atoms with van der Waals surface area (Å²) in [5, 5.41) is 9.53. The molecule has 104 valence electrons. The Kier molecular flexibility index (Phi) is 5.37. The Labute approximate surface area is 119 Å². The number of halogens is 1. The number of carbonyl (C=O) groups excluding carboxylic acids is 1. The molecule has 1 saturated heterocycles. The summed E-state index contributed by atoms with van der Waals surface area (Å²) in [5.74, 6) is 0.736. The fourth-order valence-corrected chi connectivity index (χ4v) is 2.79. The highest BCUT2D eigenvalue weighted by Crippen LogP contribution is 2.20. The van der Waals surface area contributed by atoms with E-state index in [2.05, 4.69) is 4.90 Å². The normalized spacial score (nSPS) is 19.8. The van der Waals surface area contributed by atoms with Gasteiger partial charge in [0.25, 0.3) is 0 Å². The molecular formula is C15H20ClNO2.